The molecular formula is C19H20FNO. The van der Waals surface area contributed by atoms with Crippen molar-refractivity contribution < 1.29 is 9.18 Å². The van der Waals surface area contributed by atoms with Crippen LogP contribution in [0.15, 0.2) is 48.5 Å². The van der Waals surface area contributed by atoms with Crippen molar-refractivity contribution in [1.29, 1.82) is 0 Å². The lowest BCUT2D eigenvalue weighted by molar-refractivity contribution is -0.131. The molecule has 3 heteroatoms. The normalized spacial score (nSPS) is 17.7. The Morgan fingerprint density at radius 1 is 1.18 bits per heavy atom. The van der Waals surface area contributed by atoms with Gasteiger partial charge in [0.05, 0.1) is 12.5 Å². The second-order valence-corrected chi connectivity index (χ2v) is 5.92. The van der Waals surface area contributed by atoms with Crippen molar-refractivity contribution in [3.8, 4) is 0 Å². The zero-order valence-corrected chi connectivity index (χ0v) is 12.8. The van der Waals surface area contributed by atoms with E-state index in [-0.39, 0.29) is 24.2 Å². The van der Waals surface area contributed by atoms with Crippen molar-refractivity contribution in [3.63, 3.8) is 0 Å². The number of halogens is 1. The van der Waals surface area contributed by atoms with Gasteiger partial charge in [-0.3, -0.25) is 4.79 Å². The van der Waals surface area contributed by atoms with Gasteiger partial charge >= 0.3 is 0 Å². The molecule has 0 bridgehead atoms. The monoisotopic (exact) mass is 297 g/mol. The largest absolute Gasteiger partial charge is 0.335 e. The number of likely N-dealkylation sites (tertiary alicyclic amines) is 1. The molecule has 0 unspecified atom stereocenters. The molecule has 2 aromatic rings. The van der Waals surface area contributed by atoms with E-state index in [4.69, 9.17) is 0 Å². The topological polar surface area (TPSA) is 20.3 Å². The maximum absolute atomic E-state index is 13.7. The minimum Gasteiger partial charge on any atom is -0.335 e. The van der Waals surface area contributed by atoms with Gasteiger partial charge in [-0.1, -0.05) is 48.0 Å². The average Bonchev–Trinajstić information content (AvgIpc) is 3.00. The van der Waals surface area contributed by atoms with Crippen molar-refractivity contribution in [1.82, 2.24) is 4.90 Å². The highest BCUT2D eigenvalue weighted by Crippen LogP contribution is 2.32. The van der Waals surface area contributed by atoms with E-state index in [1.54, 1.807) is 18.2 Å². The number of carbonyl (C=O) groups is 1. The summed E-state index contributed by atoms with van der Waals surface area (Å²) < 4.78 is 13.7. The number of benzene rings is 2. The molecule has 1 aliphatic heterocycles. The number of rotatable bonds is 3. The van der Waals surface area contributed by atoms with Crippen LogP contribution in [0.25, 0.3) is 0 Å². The highest BCUT2D eigenvalue weighted by molar-refractivity contribution is 5.79. The maximum Gasteiger partial charge on any atom is 0.227 e. The Morgan fingerprint density at radius 2 is 1.91 bits per heavy atom. The van der Waals surface area contributed by atoms with Gasteiger partial charge in [0.25, 0.3) is 0 Å². The zero-order chi connectivity index (χ0) is 15.5. The fraction of sp³-hybridized carbons (Fsp3) is 0.316. The van der Waals surface area contributed by atoms with Gasteiger partial charge in [0.2, 0.25) is 5.91 Å². The highest BCUT2D eigenvalue weighted by Gasteiger charge is 2.29. The Kier molecular flexibility index (Phi) is 4.23. The average molecular weight is 297 g/mol. The number of nitrogens with zero attached hydrogens (tertiary/aromatic N) is 1. The van der Waals surface area contributed by atoms with E-state index < -0.39 is 0 Å². The van der Waals surface area contributed by atoms with E-state index in [0.717, 1.165) is 19.4 Å². The van der Waals surface area contributed by atoms with Gasteiger partial charge in [0, 0.05) is 6.54 Å². The fourth-order valence-electron chi connectivity index (χ4n) is 3.11. The molecule has 1 atom stereocenters. The predicted molar refractivity (Wildman–Crippen MR) is 85.0 cm³/mol. The van der Waals surface area contributed by atoms with Gasteiger partial charge in [-0.25, -0.2) is 4.39 Å². The Balaban J connectivity index is 1.76. The fourth-order valence-corrected chi connectivity index (χ4v) is 3.11. The molecule has 0 N–H and O–H groups in total. The van der Waals surface area contributed by atoms with E-state index in [0.29, 0.717) is 5.56 Å². The molecule has 1 amide bonds. The number of hydrogen-bond donors (Lipinski definition) is 0. The second-order valence-electron chi connectivity index (χ2n) is 5.92. The van der Waals surface area contributed by atoms with E-state index in [1.165, 1.54) is 17.2 Å². The standard InChI is InChI=1S/C19H20FNO/c1-14-8-10-15(11-9-14)18-7-4-12-21(18)19(22)13-16-5-2-3-6-17(16)20/h2-3,5-6,8-11,18H,4,7,12-13H2,1H3/t18-/m0/s1. The van der Waals surface area contributed by atoms with E-state index >= 15 is 0 Å². The molecule has 1 heterocycles. The third kappa shape index (κ3) is 3.03. The van der Waals surface area contributed by atoms with Gasteiger partial charge in [-0.15, -0.1) is 0 Å². The first-order valence-electron chi connectivity index (χ1n) is 7.74. The van der Waals surface area contributed by atoms with Crippen LogP contribution in [-0.4, -0.2) is 17.4 Å². The molecule has 0 aromatic heterocycles. The van der Waals surface area contributed by atoms with Gasteiger partial charge in [-0.2, -0.15) is 0 Å². The summed E-state index contributed by atoms with van der Waals surface area (Å²) in [6.07, 6.45) is 2.11. The lowest BCUT2D eigenvalue weighted by Gasteiger charge is -2.25. The van der Waals surface area contributed by atoms with Crippen LogP contribution in [0.5, 0.6) is 0 Å². The van der Waals surface area contributed by atoms with E-state index in [2.05, 4.69) is 31.2 Å². The molecule has 1 aliphatic rings. The molecule has 0 radical (unpaired) electrons. The summed E-state index contributed by atoms with van der Waals surface area (Å²) in [5, 5.41) is 0. The van der Waals surface area contributed by atoms with Gasteiger partial charge < -0.3 is 4.90 Å². The smallest absolute Gasteiger partial charge is 0.227 e. The summed E-state index contributed by atoms with van der Waals surface area (Å²) in [5.41, 5.74) is 2.86. The van der Waals surface area contributed by atoms with Gasteiger partial charge in [0.15, 0.2) is 0 Å². The molecule has 0 aliphatic carbocycles. The Morgan fingerprint density at radius 3 is 2.64 bits per heavy atom. The minimum absolute atomic E-state index is 0.00757. The summed E-state index contributed by atoms with van der Waals surface area (Å²) in [6, 6.07) is 15.0. The molecule has 1 fully saturated rings. The highest BCUT2D eigenvalue weighted by atomic mass is 19.1. The summed E-state index contributed by atoms with van der Waals surface area (Å²) in [5.74, 6) is -0.296. The zero-order valence-electron chi connectivity index (χ0n) is 12.8. The molecule has 22 heavy (non-hydrogen) atoms. The summed E-state index contributed by atoms with van der Waals surface area (Å²) in [4.78, 5) is 14.5. The van der Waals surface area contributed by atoms with Crippen LogP contribution in [0.3, 0.4) is 0 Å². The van der Waals surface area contributed by atoms with Gasteiger partial charge in [-0.05, 0) is 37.0 Å². The molecule has 0 saturated carbocycles. The molecule has 2 nitrogen and oxygen atoms in total. The maximum atomic E-state index is 13.7. The van der Waals surface area contributed by atoms with Crippen molar-refractivity contribution in [2.75, 3.05) is 6.54 Å². The number of amides is 1. The SMILES string of the molecule is Cc1ccc([C@@H]2CCCN2C(=O)Cc2ccccc2F)cc1. The van der Waals surface area contributed by atoms with Crippen LogP contribution in [0.2, 0.25) is 0 Å². The third-order valence-electron chi connectivity index (χ3n) is 4.33. The van der Waals surface area contributed by atoms with Crippen molar-refractivity contribution >= 4 is 5.91 Å². The van der Waals surface area contributed by atoms with Crippen LogP contribution >= 0.6 is 0 Å². The number of carbonyl (C=O) groups excluding carboxylic acids is 1. The van der Waals surface area contributed by atoms with E-state index in [1.807, 2.05) is 4.90 Å². The van der Waals surface area contributed by atoms with Crippen LogP contribution in [-0.2, 0) is 11.2 Å². The number of aryl methyl sites for hydroxylation is 1. The van der Waals surface area contributed by atoms with Crippen molar-refractivity contribution in [2.45, 2.75) is 32.2 Å². The summed E-state index contributed by atoms with van der Waals surface area (Å²) in [6.45, 7) is 2.81. The Hall–Kier alpha value is -2.16. The molecular weight excluding hydrogens is 277 g/mol. The quantitative estimate of drug-likeness (QED) is 0.837. The van der Waals surface area contributed by atoms with Crippen LogP contribution in [0.4, 0.5) is 4.39 Å². The molecule has 114 valence electrons. The lowest BCUT2D eigenvalue weighted by Crippen LogP contribution is -2.32. The second kappa shape index (κ2) is 6.30. The first-order valence-corrected chi connectivity index (χ1v) is 7.74. The van der Waals surface area contributed by atoms with Gasteiger partial charge in [0.1, 0.15) is 5.82 Å². The number of hydrogen-bond acceptors (Lipinski definition) is 1. The molecule has 1 saturated heterocycles. The first kappa shape index (κ1) is 14.8. The van der Waals surface area contributed by atoms with Crippen LogP contribution in [0, 0.1) is 12.7 Å². The third-order valence-corrected chi connectivity index (χ3v) is 4.33. The molecule has 3 rings (SSSR count). The van der Waals surface area contributed by atoms with Crippen molar-refractivity contribution in [3.05, 3.63) is 71.0 Å². The molecule has 2 aromatic carbocycles. The van der Waals surface area contributed by atoms with Crippen LogP contribution < -0.4 is 0 Å². The van der Waals surface area contributed by atoms with Crippen LogP contribution in [0.1, 0.15) is 35.6 Å². The predicted octanol–water partition coefficient (Wildman–Crippen LogP) is 4.04. The molecule has 0 spiro atoms. The minimum atomic E-state index is -0.304. The summed E-state index contributed by atoms with van der Waals surface area (Å²) >= 11 is 0. The first-order chi connectivity index (χ1) is 10.6. The van der Waals surface area contributed by atoms with Crippen molar-refractivity contribution in [2.24, 2.45) is 0 Å². The lowest BCUT2D eigenvalue weighted by atomic mass is 10.0. The summed E-state index contributed by atoms with van der Waals surface area (Å²) in [7, 11) is 0. The Labute approximate surface area is 130 Å². The van der Waals surface area contributed by atoms with E-state index in [9.17, 15) is 9.18 Å². The Bertz CT molecular complexity index is 665.